The molecule has 0 aromatic heterocycles. The van der Waals surface area contributed by atoms with Crippen molar-refractivity contribution in [2.75, 3.05) is 5.32 Å². The number of hydrogen-bond acceptors (Lipinski definition) is 2. The molecule has 2 heteroatoms. The maximum absolute atomic E-state index is 9.14. The molecule has 1 fully saturated rings. The average Bonchev–Trinajstić information content (AvgIpc) is 2.92. The highest BCUT2D eigenvalue weighted by atomic mass is 14.9. The van der Waals surface area contributed by atoms with E-state index in [1.54, 1.807) is 0 Å². The van der Waals surface area contributed by atoms with E-state index >= 15 is 0 Å². The summed E-state index contributed by atoms with van der Waals surface area (Å²) < 4.78 is 0. The number of nitrogens with one attached hydrogen (secondary N) is 1. The molecular weight excluding hydrogens is 220 g/mol. The van der Waals surface area contributed by atoms with Crippen molar-refractivity contribution < 1.29 is 0 Å². The lowest BCUT2D eigenvalue weighted by Crippen LogP contribution is -2.14. The van der Waals surface area contributed by atoms with Gasteiger partial charge >= 0.3 is 0 Å². The van der Waals surface area contributed by atoms with E-state index in [9.17, 15) is 0 Å². The molecule has 0 amide bonds. The van der Waals surface area contributed by atoms with Crippen LogP contribution in [0.3, 0.4) is 0 Å². The van der Waals surface area contributed by atoms with Crippen LogP contribution in [0.2, 0.25) is 0 Å². The maximum atomic E-state index is 9.14. The molecular formula is C16H16N2. The number of benzene rings is 2. The predicted octanol–water partition coefficient (Wildman–Crippen LogP) is 4.07. The Kier molecular flexibility index (Phi) is 2.90. The number of anilines is 1. The number of nitrogens with zero attached hydrogens (tertiary/aromatic N) is 1. The fourth-order valence-corrected chi connectivity index (χ4v) is 2.81. The van der Waals surface area contributed by atoms with Crippen molar-refractivity contribution in [1.29, 1.82) is 5.26 Å². The lowest BCUT2D eigenvalue weighted by Gasteiger charge is -2.16. The zero-order valence-corrected chi connectivity index (χ0v) is 10.3. The van der Waals surface area contributed by atoms with Gasteiger partial charge in [0.1, 0.15) is 0 Å². The van der Waals surface area contributed by atoms with Crippen LogP contribution in [0.4, 0.5) is 5.69 Å². The third-order valence-electron chi connectivity index (χ3n) is 3.76. The minimum Gasteiger partial charge on any atom is -0.382 e. The lowest BCUT2D eigenvalue weighted by atomic mass is 10.0. The van der Waals surface area contributed by atoms with Gasteiger partial charge in [-0.2, -0.15) is 5.26 Å². The van der Waals surface area contributed by atoms with E-state index in [1.165, 1.54) is 25.7 Å². The topological polar surface area (TPSA) is 35.8 Å². The van der Waals surface area contributed by atoms with Gasteiger partial charge in [-0.3, -0.25) is 0 Å². The van der Waals surface area contributed by atoms with E-state index in [-0.39, 0.29) is 0 Å². The third kappa shape index (κ3) is 1.93. The van der Waals surface area contributed by atoms with Crippen molar-refractivity contribution in [1.82, 2.24) is 0 Å². The first-order valence-electron chi connectivity index (χ1n) is 6.57. The molecule has 1 aliphatic rings. The summed E-state index contributed by atoms with van der Waals surface area (Å²) >= 11 is 0. The molecule has 2 aromatic carbocycles. The molecule has 2 nitrogen and oxygen atoms in total. The van der Waals surface area contributed by atoms with E-state index in [1.807, 2.05) is 30.3 Å². The molecule has 0 radical (unpaired) electrons. The number of rotatable bonds is 2. The van der Waals surface area contributed by atoms with Crippen LogP contribution in [-0.2, 0) is 0 Å². The van der Waals surface area contributed by atoms with Crippen LogP contribution in [-0.4, -0.2) is 6.04 Å². The summed E-state index contributed by atoms with van der Waals surface area (Å²) in [6.07, 6.45) is 5.17. The monoisotopic (exact) mass is 236 g/mol. The first-order chi connectivity index (χ1) is 8.88. The minimum atomic E-state index is 0.598. The molecule has 1 saturated carbocycles. The van der Waals surface area contributed by atoms with Crippen molar-refractivity contribution in [3.05, 3.63) is 42.0 Å². The van der Waals surface area contributed by atoms with E-state index in [0.29, 0.717) is 6.04 Å². The zero-order chi connectivity index (χ0) is 12.4. The molecule has 1 aliphatic carbocycles. The Labute approximate surface area is 107 Å². The molecule has 0 unspecified atom stereocenters. The molecule has 0 atom stereocenters. The number of fused-ring (bicyclic) bond motifs is 1. The highest BCUT2D eigenvalue weighted by molar-refractivity contribution is 5.97. The van der Waals surface area contributed by atoms with Crippen LogP contribution in [0.25, 0.3) is 10.8 Å². The van der Waals surface area contributed by atoms with E-state index in [4.69, 9.17) is 5.26 Å². The summed E-state index contributed by atoms with van der Waals surface area (Å²) in [6, 6.07) is 15.0. The third-order valence-corrected chi connectivity index (χ3v) is 3.76. The van der Waals surface area contributed by atoms with Crippen LogP contribution >= 0.6 is 0 Å². The first kappa shape index (κ1) is 11.1. The van der Waals surface area contributed by atoms with Gasteiger partial charge in [0.2, 0.25) is 0 Å². The van der Waals surface area contributed by atoms with Crippen molar-refractivity contribution >= 4 is 16.5 Å². The fourth-order valence-electron chi connectivity index (χ4n) is 2.81. The highest BCUT2D eigenvalue weighted by Crippen LogP contribution is 2.29. The second kappa shape index (κ2) is 4.70. The summed E-state index contributed by atoms with van der Waals surface area (Å²) in [5, 5.41) is 15.0. The Morgan fingerprint density at radius 1 is 1.00 bits per heavy atom. The van der Waals surface area contributed by atoms with Crippen molar-refractivity contribution in [2.24, 2.45) is 0 Å². The normalized spacial score (nSPS) is 15.7. The SMILES string of the molecule is N#Cc1ccc(NC2CCCC2)c2ccccc12. The lowest BCUT2D eigenvalue weighted by molar-refractivity contribution is 0.757. The van der Waals surface area contributed by atoms with Crippen LogP contribution in [0, 0.1) is 11.3 Å². The molecule has 0 heterocycles. The van der Waals surface area contributed by atoms with Crippen LogP contribution in [0.5, 0.6) is 0 Å². The molecule has 2 aromatic rings. The quantitative estimate of drug-likeness (QED) is 0.853. The van der Waals surface area contributed by atoms with Crippen molar-refractivity contribution in [3.63, 3.8) is 0 Å². The summed E-state index contributed by atoms with van der Waals surface area (Å²) in [5.74, 6) is 0. The molecule has 3 rings (SSSR count). The van der Waals surface area contributed by atoms with Crippen LogP contribution in [0.1, 0.15) is 31.2 Å². The van der Waals surface area contributed by atoms with Gasteiger partial charge in [0, 0.05) is 22.5 Å². The summed E-state index contributed by atoms with van der Waals surface area (Å²) in [5.41, 5.74) is 1.92. The van der Waals surface area contributed by atoms with Gasteiger partial charge in [0.05, 0.1) is 11.6 Å². The minimum absolute atomic E-state index is 0.598. The summed E-state index contributed by atoms with van der Waals surface area (Å²) in [7, 11) is 0. The Bertz CT molecular complexity index is 604. The maximum Gasteiger partial charge on any atom is 0.0998 e. The second-order valence-electron chi connectivity index (χ2n) is 4.94. The van der Waals surface area contributed by atoms with Gasteiger partial charge < -0.3 is 5.32 Å². The first-order valence-corrected chi connectivity index (χ1v) is 6.57. The highest BCUT2D eigenvalue weighted by Gasteiger charge is 2.15. The van der Waals surface area contributed by atoms with E-state index < -0.39 is 0 Å². The zero-order valence-electron chi connectivity index (χ0n) is 10.3. The van der Waals surface area contributed by atoms with Gasteiger partial charge in [-0.1, -0.05) is 37.1 Å². The van der Waals surface area contributed by atoms with Gasteiger partial charge in [0.15, 0.2) is 0 Å². The Hall–Kier alpha value is -2.01. The molecule has 0 spiro atoms. The second-order valence-corrected chi connectivity index (χ2v) is 4.94. The molecule has 18 heavy (non-hydrogen) atoms. The van der Waals surface area contributed by atoms with Crippen molar-refractivity contribution in [3.8, 4) is 6.07 Å². The van der Waals surface area contributed by atoms with Crippen LogP contribution in [0.15, 0.2) is 36.4 Å². The molecule has 90 valence electrons. The molecule has 1 N–H and O–H groups in total. The Balaban J connectivity index is 2.04. The average molecular weight is 236 g/mol. The molecule has 0 saturated heterocycles. The Morgan fingerprint density at radius 3 is 2.44 bits per heavy atom. The van der Waals surface area contributed by atoms with Gasteiger partial charge in [-0.25, -0.2) is 0 Å². The summed E-state index contributed by atoms with van der Waals surface area (Å²) in [4.78, 5) is 0. The number of nitriles is 1. The van der Waals surface area contributed by atoms with Gasteiger partial charge in [-0.15, -0.1) is 0 Å². The molecule has 0 aliphatic heterocycles. The van der Waals surface area contributed by atoms with Gasteiger partial charge in [0.25, 0.3) is 0 Å². The van der Waals surface area contributed by atoms with E-state index in [2.05, 4.69) is 17.5 Å². The standard InChI is InChI=1S/C16H16N2/c17-11-12-9-10-16(18-13-5-1-2-6-13)15-8-4-3-7-14(12)15/h3-4,7-10,13,18H,1-2,5-6H2. The van der Waals surface area contributed by atoms with Gasteiger partial charge in [-0.05, 0) is 25.0 Å². The smallest absolute Gasteiger partial charge is 0.0998 e. The number of hydrogen-bond donors (Lipinski definition) is 1. The van der Waals surface area contributed by atoms with E-state index in [0.717, 1.165) is 22.0 Å². The van der Waals surface area contributed by atoms with Crippen molar-refractivity contribution in [2.45, 2.75) is 31.7 Å². The van der Waals surface area contributed by atoms with Crippen LogP contribution < -0.4 is 5.32 Å². The predicted molar refractivity (Wildman–Crippen MR) is 74.5 cm³/mol. The fraction of sp³-hybridized carbons (Fsp3) is 0.312. The summed E-state index contributed by atoms with van der Waals surface area (Å²) in [6.45, 7) is 0. The molecule has 0 bridgehead atoms. The Morgan fingerprint density at radius 2 is 1.72 bits per heavy atom. The largest absolute Gasteiger partial charge is 0.382 e.